The highest BCUT2D eigenvalue weighted by molar-refractivity contribution is 7.89. The molecule has 0 atom stereocenters. The Balaban J connectivity index is 1.62. The van der Waals surface area contributed by atoms with E-state index in [0.717, 1.165) is 25.6 Å². The maximum Gasteiger partial charge on any atom is 0.243 e. The van der Waals surface area contributed by atoms with Crippen LogP contribution in [0.1, 0.15) is 26.7 Å². The van der Waals surface area contributed by atoms with Crippen LogP contribution in [0.3, 0.4) is 0 Å². The summed E-state index contributed by atoms with van der Waals surface area (Å²) in [5, 5.41) is 0. The van der Waals surface area contributed by atoms with Gasteiger partial charge in [-0.05, 0) is 56.9 Å². The van der Waals surface area contributed by atoms with Crippen LogP contribution in [0, 0.1) is 5.92 Å². The Bertz CT molecular complexity index is 616. The molecule has 0 spiro atoms. The number of nitrogens with zero attached hydrogens (tertiary/aromatic N) is 2. The molecule has 1 aromatic carbocycles. The van der Waals surface area contributed by atoms with E-state index < -0.39 is 10.0 Å². The molecule has 0 unspecified atom stereocenters. The Hall–Kier alpha value is -1.11. The summed E-state index contributed by atoms with van der Waals surface area (Å²) in [6.45, 7) is 7.87. The van der Waals surface area contributed by atoms with Gasteiger partial charge in [0, 0.05) is 32.7 Å². The van der Waals surface area contributed by atoms with Crippen molar-refractivity contribution in [3.63, 3.8) is 0 Å². The number of piperazine rings is 1. The molecule has 0 bridgehead atoms. The second-order valence-corrected chi connectivity index (χ2v) is 8.72. The van der Waals surface area contributed by atoms with Crippen LogP contribution in [0.5, 0.6) is 5.75 Å². The molecule has 1 saturated heterocycles. The molecule has 6 heteroatoms. The Morgan fingerprint density at radius 2 is 1.70 bits per heavy atom. The summed E-state index contributed by atoms with van der Waals surface area (Å²) < 4.78 is 32.6. The van der Waals surface area contributed by atoms with Crippen molar-refractivity contribution < 1.29 is 13.2 Å². The highest BCUT2D eigenvalue weighted by Crippen LogP contribution is 2.30. The summed E-state index contributed by atoms with van der Waals surface area (Å²) in [6.07, 6.45) is 2.75. The topological polar surface area (TPSA) is 49.9 Å². The Labute approximate surface area is 139 Å². The van der Waals surface area contributed by atoms with E-state index >= 15 is 0 Å². The molecule has 1 aromatic rings. The van der Waals surface area contributed by atoms with Gasteiger partial charge in [0.1, 0.15) is 5.75 Å². The molecule has 0 amide bonds. The van der Waals surface area contributed by atoms with Gasteiger partial charge < -0.3 is 9.64 Å². The lowest BCUT2D eigenvalue weighted by molar-refractivity contribution is 0.182. The van der Waals surface area contributed by atoms with Crippen LogP contribution < -0.4 is 4.74 Å². The Kier molecular flexibility index (Phi) is 4.94. The first-order chi connectivity index (χ1) is 10.9. The molecule has 2 fully saturated rings. The predicted molar refractivity (Wildman–Crippen MR) is 90.1 cm³/mol. The number of benzene rings is 1. The zero-order valence-corrected chi connectivity index (χ0v) is 14.8. The van der Waals surface area contributed by atoms with Gasteiger partial charge >= 0.3 is 0 Å². The van der Waals surface area contributed by atoms with E-state index in [2.05, 4.69) is 4.90 Å². The van der Waals surface area contributed by atoms with Gasteiger partial charge in [0.25, 0.3) is 0 Å². The average Bonchev–Trinajstić information content (AvgIpc) is 3.32. The number of rotatable bonds is 6. The highest BCUT2D eigenvalue weighted by atomic mass is 32.2. The van der Waals surface area contributed by atoms with Crippen molar-refractivity contribution >= 4 is 10.0 Å². The number of hydrogen-bond acceptors (Lipinski definition) is 4. The number of hydrogen-bond donors (Lipinski definition) is 0. The first kappa shape index (κ1) is 16.7. The van der Waals surface area contributed by atoms with Crippen LogP contribution in [0.4, 0.5) is 0 Å². The molecule has 2 aliphatic rings. The smallest absolute Gasteiger partial charge is 0.243 e. The fourth-order valence-corrected chi connectivity index (χ4v) is 4.35. The summed E-state index contributed by atoms with van der Waals surface area (Å²) >= 11 is 0. The van der Waals surface area contributed by atoms with Crippen LogP contribution in [-0.4, -0.2) is 56.5 Å². The molecule has 1 saturated carbocycles. The second kappa shape index (κ2) is 6.79. The van der Waals surface area contributed by atoms with Gasteiger partial charge in [-0.1, -0.05) is 0 Å². The summed E-state index contributed by atoms with van der Waals surface area (Å²) in [7, 11) is -3.39. The summed E-state index contributed by atoms with van der Waals surface area (Å²) in [5.74, 6) is 1.56. The minimum absolute atomic E-state index is 0.0806. The molecule has 1 aliphatic heterocycles. The van der Waals surface area contributed by atoms with Gasteiger partial charge in [-0.15, -0.1) is 0 Å². The highest BCUT2D eigenvalue weighted by Gasteiger charge is 2.31. The third kappa shape index (κ3) is 4.25. The normalized spacial score (nSPS) is 20.8. The van der Waals surface area contributed by atoms with Crippen LogP contribution in [0.25, 0.3) is 0 Å². The van der Waals surface area contributed by atoms with E-state index in [1.807, 2.05) is 13.8 Å². The van der Waals surface area contributed by atoms with Crippen LogP contribution >= 0.6 is 0 Å². The van der Waals surface area contributed by atoms with Crippen LogP contribution in [0.15, 0.2) is 29.2 Å². The largest absolute Gasteiger partial charge is 0.491 e. The lowest BCUT2D eigenvalue weighted by Crippen LogP contribution is -2.49. The van der Waals surface area contributed by atoms with Gasteiger partial charge in [-0.2, -0.15) is 4.31 Å². The minimum atomic E-state index is -3.39. The van der Waals surface area contributed by atoms with Crippen molar-refractivity contribution in [1.82, 2.24) is 9.21 Å². The molecule has 5 nitrogen and oxygen atoms in total. The Morgan fingerprint density at radius 3 is 2.22 bits per heavy atom. The first-order valence-electron chi connectivity index (χ1n) is 8.44. The van der Waals surface area contributed by atoms with Gasteiger partial charge in [-0.3, -0.25) is 0 Å². The van der Waals surface area contributed by atoms with E-state index in [1.165, 1.54) is 12.8 Å². The molecule has 1 heterocycles. The Morgan fingerprint density at radius 1 is 1.09 bits per heavy atom. The van der Waals surface area contributed by atoms with E-state index in [4.69, 9.17) is 4.74 Å². The predicted octanol–water partition coefficient (Wildman–Crippen LogP) is 2.19. The summed E-state index contributed by atoms with van der Waals surface area (Å²) in [5.41, 5.74) is 0. The maximum absolute atomic E-state index is 12.7. The molecular formula is C17H26N2O3S. The van der Waals surface area contributed by atoms with Crippen molar-refractivity contribution in [2.45, 2.75) is 37.7 Å². The molecule has 128 valence electrons. The van der Waals surface area contributed by atoms with E-state index in [9.17, 15) is 8.42 Å². The third-order valence-corrected chi connectivity index (χ3v) is 6.29. The zero-order valence-electron chi connectivity index (χ0n) is 13.9. The summed E-state index contributed by atoms with van der Waals surface area (Å²) in [6, 6.07) is 6.75. The molecular weight excluding hydrogens is 312 g/mol. The standard InChI is InChI=1S/C17H26N2O3S/c1-14(2)22-16-5-7-17(8-6-16)23(20,21)19-11-9-18(10-12-19)13-15-3-4-15/h5-8,14-15H,3-4,9-13H2,1-2H3. The SMILES string of the molecule is CC(C)Oc1ccc(S(=O)(=O)N2CCN(CC3CC3)CC2)cc1. The molecule has 3 rings (SSSR count). The van der Waals surface area contributed by atoms with Crippen molar-refractivity contribution in [3.05, 3.63) is 24.3 Å². The van der Waals surface area contributed by atoms with Crippen molar-refractivity contribution in [2.75, 3.05) is 32.7 Å². The van der Waals surface area contributed by atoms with Crippen molar-refractivity contribution in [2.24, 2.45) is 5.92 Å². The molecule has 23 heavy (non-hydrogen) atoms. The molecule has 0 aromatic heterocycles. The molecule has 0 N–H and O–H groups in total. The first-order valence-corrected chi connectivity index (χ1v) is 9.88. The molecule has 0 radical (unpaired) electrons. The van der Waals surface area contributed by atoms with Crippen molar-refractivity contribution in [3.8, 4) is 5.75 Å². The second-order valence-electron chi connectivity index (χ2n) is 6.79. The number of ether oxygens (including phenoxy) is 1. The van der Waals surface area contributed by atoms with E-state index in [-0.39, 0.29) is 6.10 Å². The van der Waals surface area contributed by atoms with Crippen molar-refractivity contribution in [1.29, 1.82) is 0 Å². The number of sulfonamides is 1. The van der Waals surface area contributed by atoms with E-state index in [1.54, 1.807) is 28.6 Å². The van der Waals surface area contributed by atoms with Gasteiger partial charge in [-0.25, -0.2) is 8.42 Å². The van der Waals surface area contributed by atoms with Crippen LogP contribution in [0.2, 0.25) is 0 Å². The zero-order chi connectivity index (χ0) is 16.4. The van der Waals surface area contributed by atoms with Gasteiger partial charge in [0.05, 0.1) is 11.0 Å². The fraction of sp³-hybridized carbons (Fsp3) is 0.647. The average molecular weight is 338 g/mol. The van der Waals surface area contributed by atoms with Crippen LogP contribution in [-0.2, 0) is 10.0 Å². The monoisotopic (exact) mass is 338 g/mol. The van der Waals surface area contributed by atoms with Gasteiger partial charge in [0.2, 0.25) is 10.0 Å². The lowest BCUT2D eigenvalue weighted by Gasteiger charge is -2.34. The van der Waals surface area contributed by atoms with E-state index in [0.29, 0.717) is 23.7 Å². The fourth-order valence-electron chi connectivity index (χ4n) is 2.93. The minimum Gasteiger partial charge on any atom is -0.491 e. The third-order valence-electron chi connectivity index (χ3n) is 4.38. The molecule has 1 aliphatic carbocycles. The summed E-state index contributed by atoms with van der Waals surface area (Å²) in [4.78, 5) is 2.74. The maximum atomic E-state index is 12.7. The van der Waals surface area contributed by atoms with Gasteiger partial charge in [0.15, 0.2) is 0 Å². The quantitative estimate of drug-likeness (QED) is 0.798. The lowest BCUT2D eigenvalue weighted by atomic mass is 10.3.